The smallest absolute Gasteiger partial charge is 0.462 e. The predicted molar refractivity (Wildman–Crippen MR) is 229 cm³/mol. The minimum absolute atomic E-state index is 0.0444. The summed E-state index contributed by atoms with van der Waals surface area (Å²) < 4.78 is 32.7. The number of phosphoric ester groups is 1. The van der Waals surface area contributed by atoms with Crippen LogP contribution in [0.2, 0.25) is 0 Å². The van der Waals surface area contributed by atoms with Crippen LogP contribution in [0.25, 0.3) is 0 Å². The summed E-state index contributed by atoms with van der Waals surface area (Å²) in [6, 6.07) is 0. The van der Waals surface area contributed by atoms with E-state index in [9.17, 15) is 19.0 Å². The van der Waals surface area contributed by atoms with Crippen molar-refractivity contribution in [3.05, 3.63) is 48.6 Å². The molecule has 0 aliphatic heterocycles. The molecule has 320 valence electrons. The molecule has 55 heavy (non-hydrogen) atoms. The molecule has 0 fully saturated rings. The third-order valence-corrected chi connectivity index (χ3v) is 10.2. The Morgan fingerprint density at radius 1 is 0.545 bits per heavy atom. The van der Waals surface area contributed by atoms with Gasteiger partial charge < -0.3 is 20.1 Å². The number of ether oxygens (including phenoxy) is 2. The average molecular weight is 796 g/mol. The standard InChI is InChI=1S/C45H82NO8P/c1-3-5-7-9-11-13-15-17-19-21-23-25-27-29-31-33-35-37-44(47)51-41-43(42-53-55(49,50)52-40-39-46)54-45(48)38-36-34-32-30-28-26-24-22-20-18-16-14-12-10-8-6-4-2/h12,14,18,20,24,26,30,32,43H,3-11,13,15-17,19,21-23,25,27-29,31,33-42,46H2,1-2H3,(H,49,50)/t43-/m1/s1. The van der Waals surface area contributed by atoms with Gasteiger partial charge >= 0.3 is 19.8 Å². The third-order valence-electron chi connectivity index (χ3n) is 9.22. The second-order valence-electron chi connectivity index (χ2n) is 14.6. The van der Waals surface area contributed by atoms with Gasteiger partial charge in [0.15, 0.2) is 6.10 Å². The monoisotopic (exact) mass is 796 g/mol. The number of unbranched alkanes of at least 4 members (excludes halogenated alkanes) is 20. The molecule has 0 aromatic carbocycles. The van der Waals surface area contributed by atoms with Crippen LogP contribution in [-0.2, 0) is 32.7 Å². The second kappa shape index (κ2) is 41.6. The lowest BCUT2D eigenvalue weighted by Gasteiger charge is -2.19. The van der Waals surface area contributed by atoms with Crippen molar-refractivity contribution in [1.82, 2.24) is 0 Å². The number of nitrogens with two attached hydrogens (primary N) is 1. The zero-order valence-electron chi connectivity index (χ0n) is 35.2. The molecule has 0 amide bonds. The first-order valence-electron chi connectivity index (χ1n) is 22.1. The van der Waals surface area contributed by atoms with Gasteiger partial charge in [-0.05, 0) is 51.4 Å². The van der Waals surface area contributed by atoms with Crippen LogP contribution in [0.4, 0.5) is 0 Å². The highest BCUT2D eigenvalue weighted by Crippen LogP contribution is 2.43. The molecule has 0 saturated carbocycles. The Morgan fingerprint density at radius 3 is 1.45 bits per heavy atom. The van der Waals surface area contributed by atoms with E-state index < -0.39 is 32.5 Å². The van der Waals surface area contributed by atoms with Crippen LogP contribution in [0.5, 0.6) is 0 Å². The molecule has 9 nitrogen and oxygen atoms in total. The van der Waals surface area contributed by atoms with Gasteiger partial charge in [0.1, 0.15) is 6.61 Å². The summed E-state index contributed by atoms with van der Waals surface area (Å²) in [6.07, 6.45) is 47.2. The van der Waals surface area contributed by atoms with Crippen LogP contribution < -0.4 is 5.73 Å². The molecule has 10 heteroatoms. The molecule has 0 radical (unpaired) electrons. The summed E-state index contributed by atoms with van der Waals surface area (Å²) in [5, 5.41) is 0. The fourth-order valence-corrected chi connectivity index (χ4v) is 6.69. The van der Waals surface area contributed by atoms with E-state index in [1.165, 1.54) is 116 Å². The minimum Gasteiger partial charge on any atom is -0.462 e. The molecule has 0 aromatic heterocycles. The average Bonchev–Trinajstić information content (AvgIpc) is 3.17. The number of hydrogen-bond acceptors (Lipinski definition) is 8. The van der Waals surface area contributed by atoms with Gasteiger partial charge in [0.05, 0.1) is 13.2 Å². The van der Waals surface area contributed by atoms with Gasteiger partial charge in [-0.25, -0.2) is 4.57 Å². The second-order valence-corrected chi connectivity index (χ2v) is 16.0. The maximum atomic E-state index is 12.6. The van der Waals surface area contributed by atoms with E-state index >= 15 is 0 Å². The summed E-state index contributed by atoms with van der Waals surface area (Å²) in [4.78, 5) is 34.9. The van der Waals surface area contributed by atoms with E-state index in [1.54, 1.807) is 0 Å². The Bertz CT molecular complexity index is 1040. The van der Waals surface area contributed by atoms with Gasteiger partial charge in [-0.2, -0.15) is 0 Å². The highest BCUT2D eigenvalue weighted by molar-refractivity contribution is 7.47. The molecule has 0 aliphatic rings. The van der Waals surface area contributed by atoms with E-state index in [0.29, 0.717) is 12.8 Å². The first kappa shape index (κ1) is 53.0. The molecular weight excluding hydrogens is 713 g/mol. The van der Waals surface area contributed by atoms with Crippen LogP contribution in [0.3, 0.4) is 0 Å². The highest BCUT2D eigenvalue weighted by Gasteiger charge is 2.25. The van der Waals surface area contributed by atoms with Crippen LogP contribution in [0, 0.1) is 0 Å². The van der Waals surface area contributed by atoms with E-state index in [0.717, 1.165) is 38.5 Å². The largest absolute Gasteiger partial charge is 0.472 e. The molecule has 0 spiro atoms. The molecule has 0 saturated heterocycles. The number of carbonyl (C=O) groups excluding carboxylic acids is 2. The van der Waals surface area contributed by atoms with Gasteiger partial charge in [-0.3, -0.25) is 18.6 Å². The lowest BCUT2D eigenvalue weighted by atomic mass is 10.0. The minimum atomic E-state index is -4.39. The summed E-state index contributed by atoms with van der Waals surface area (Å²) >= 11 is 0. The number of rotatable bonds is 41. The molecule has 0 aliphatic carbocycles. The Labute approximate surface area is 336 Å². The Kier molecular flexibility index (Phi) is 40.1. The Hall–Kier alpha value is -2.03. The Morgan fingerprint density at radius 2 is 0.964 bits per heavy atom. The van der Waals surface area contributed by atoms with Gasteiger partial charge in [-0.1, -0.05) is 178 Å². The van der Waals surface area contributed by atoms with Crippen LogP contribution >= 0.6 is 7.82 Å². The summed E-state index contributed by atoms with van der Waals surface area (Å²) in [5.41, 5.74) is 5.34. The normalized spacial score (nSPS) is 13.7. The SMILES string of the molecule is CCCCCC=CCC=CCC=CCC=CCCCC(=O)O[C@H](COC(=O)CCCCCCCCCCCCCCCCCCC)COP(=O)(O)OCCN. The third kappa shape index (κ3) is 41.4. The highest BCUT2D eigenvalue weighted by atomic mass is 31.2. The van der Waals surface area contributed by atoms with Crippen molar-refractivity contribution in [3.8, 4) is 0 Å². The number of esters is 2. The zero-order chi connectivity index (χ0) is 40.3. The van der Waals surface area contributed by atoms with E-state index in [-0.39, 0.29) is 32.6 Å². The molecule has 3 N–H and O–H groups in total. The lowest BCUT2D eigenvalue weighted by molar-refractivity contribution is -0.161. The number of hydrogen-bond donors (Lipinski definition) is 2. The first-order valence-corrected chi connectivity index (χ1v) is 23.6. The van der Waals surface area contributed by atoms with Crippen molar-refractivity contribution < 1.29 is 37.6 Å². The topological polar surface area (TPSA) is 134 Å². The van der Waals surface area contributed by atoms with Crippen molar-refractivity contribution in [2.75, 3.05) is 26.4 Å². The van der Waals surface area contributed by atoms with Crippen molar-refractivity contribution in [1.29, 1.82) is 0 Å². The predicted octanol–water partition coefficient (Wildman–Crippen LogP) is 12.7. The molecule has 0 heterocycles. The number of allylic oxidation sites excluding steroid dienone is 8. The van der Waals surface area contributed by atoms with Crippen molar-refractivity contribution in [3.63, 3.8) is 0 Å². The summed E-state index contributed by atoms with van der Waals surface area (Å²) in [5.74, 6) is -0.890. The van der Waals surface area contributed by atoms with E-state index in [1.807, 2.05) is 6.08 Å². The molecule has 0 rings (SSSR count). The molecule has 0 aromatic rings. The number of phosphoric acid groups is 1. The molecule has 1 unspecified atom stereocenters. The Balaban J connectivity index is 4.22. The van der Waals surface area contributed by atoms with E-state index in [2.05, 4.69) is 56.4 Å². The summed E-state index contributed by atoms with van der Waals surface area (Å²) in [6.45, 7) is 3.65. The molecular formula is C45H82NO8P. The van der Waals surface area contributed by atoms with Crippen LogP contribution in [-0.4, -0.2) is 49.3 Å². The van der Waals surface area contributed by atoms with Crippen LogP contribution in [0.1, 0.15) is 194 Å². The van der Waals surface area contributed by atoms with Crippen molar-refractivity contribution in [2.24, 2.45) is 5.73 Å². The van der Waals surface area contributed by atoms with Gasteiger partial charge in [0.25, 0.3) is 0 Å². The molecule has 2 atom stereocenters. The van der Waals surface area contributed by atoms with Gasteiger partial charge in [-0.15, -0.1) is 0 Å². The van der Waals surface area contributed by atoms with Crippen molar-refractivity contribution in [2.45, 2.75) is 200 Å². The quantitative estimate of drug-likeness (QED) is 0.0268. The number of carbonyl (C=O) groups is 2. The first-order chi connectivity index (χ1) is 26.8. The van der Waals surface area contributed by atoms with Crippen molar-refractivity contribution >= 4 is 19.8 Å². The van der Waals surface area contributed by atoms with E-state index in [4.69, 9.17) is 24.3 Å². The zero-order valence-corrected chi connectivity index (χ0v) is 36.0. The maximum Gasteiger partial charge on any atom is 0.472 e. The van der Waals surface area contributed by atoms with Crippen LogP contribution in [0.15, 0.2) is 48.6 Å². The lowest BCUT2D eigenvalue weighted by Crippen LogP contribution is -2.29. The fraction of sp³-hybridized carbons (Fsp3) is 0.778. The van der Waals surface area contributed by atoms with Gasteiger partial charge in [0, 0.05) is 19.4 Å². The fourth-order valence-electron chi connectivity index (χ4n) is 5.92. The summed E-state index contributed by atoms with van der Waals surface area (Å²) in [7, 11) is -4.39. The maximum absolute atomic E-state index is 12.6. The van der Waals surface area contributed by atoms with Gasteiger partial charge in [0.2, 0.25) is 0 Å². The molecule has 0 bridgehead atoms.